The number of alkyl halides is 3. The third-order valence-corrected chi connectivity index (χ3v) is 4.41. The van der Waals surface area contributed by atoms with E-state index in [9.17, 15) is 22.8 Å². The van der Waals surface area contributed by atoms with Gasteiger partial charge in [0.15, 0.2) is 5.65 Å². The standard InChI is InChI=1S/C19H13F3N4O4/c1-10-15(18(28)29-2)16-23-9-13-14(26(16)24-10)6-7-25(17(13)27)11-4-3-5-12(8-11)30-19(20,21)22/h3-9H,1-2H3. The van der Waals surface area contributed by atoms with Crippen LogP contribution in [0.4, 0.5) is 13.2 Å². The monoisotopic (exact) mass is 418 g/mol. The number of hydrogen-bond acceptors (Lipinski definition) is 6. The van der Waals surface area contributed by atoms with Gasteiger partial charge < -0.3 is 9.47 Å². The van der Waals surface area contributed by atoms with Gasteiger partial charge in [-0.05, 0) is 25.1 Å². The largest absolute Gasteiger partial charge is 0.573 e. The highest BCUT2D eigenvalue weighted by Crippen LogP contribution is 2.25. The molecular formula is C19H13F3N4O4. The summed E-state index contributed by atoms with van der Waals surface area (Å²) in [6.07, 6.45) is -2.17. The van der Waals surface area contributed by atoms with E-state index in [4.69, 9.17) is 4.74 Å². The number of esters is 1. The van der Waals surface area contributed by atoms with Gasteiger partial charge in [-0.25, -0.2) is 14.3 Å². The molecule has 0 saturated carbocycles. The molecule has 0 aliphatic rings. The summed E-state index contributed by atoms with van der Waals surface area (Å²) >= 11 is 0. The second kappa shape index (κ2) is 6.87. The molecular weight excluding hydrogens is 405 g/mol. The summed E-state index contributed by atoms with van der Waals surface area (Å²) in [6.45, 7) is 1.61. The SMILES string of the molecule is COC(=O)c1c(C)nn2c1ncc1c(=O)n(-c3cccc(OC(F)(F)F)c3)ccc12. The maximum absolute atomic E-state index is 13.0. The van der Waals surface area contributed by atoms with Crippen LogP contribution < -0.4 is 10.3 Å². The Bertz CT molecular complexity index is 1360. The van der Waals surface area contributed by atoms with E-state index in [1.165, 1.54) is 36.2 Å². The van der Waals surface area contributed by atoms with Gasteiger partial charge in [0.2, 0.25) is 0 Å². The van der Waals surface area contributed by atoms with Gasteiger partial charge in [-0.2, -0.15) is 5.10 Å². The molecule has 4 rings (SSSR count). The highest BCUT2D eigenvalue weighted by atomic mass is 19.4. The Morgan fingerprint density at radius 3 is 2.67 bits per heavy atom. The highest BCUT2D eigenvalue weighted by Gasteiger charge is 2.31. The molecule has 0 N–H and O–H groups in total. The van der Waals surface area contributed by atoms with E-state index in [1.807, 2.05) is 0 Å². The number of rotatable bonds is 3. The van der Waals surface area contributed by atoms with Crippen molar-refractivity contribution in [3.05, 3.63) is 64.3 Å². The predicted octanol–water partition coefficient (Wildman–Crippen LogP) is 3.03. The number of hydrogen-bond donors (Lipinski definition) is 0. The number of carbonyl (C=O) groups is 1. The number of fused-ring (bicyclic) bond motifs is 3. The van der Waals surface area contributed by atoms with E-state index in [0.717, 1.165) is 16.7 Å². The van der Waals surface area contributed by atoms with Crippen molar-refractivity contribution in [2.75, 3.05) is 7.11 Å². The average molecular weight is 418 g/mol. The molecule has 3 aromatic heterocycles. The van der Waals surface area contributed by atoms with Crippen LogP contribution in [0.5, 0.6) is 5.75 Å². The molecule has 0 amide bonds. The number of methoxy groups -OCH3 is 1. The lowest BCUT2D eigenvalue weighted by Crippen LogP contribution is -2.20. The molecule has 0 bridgehead atoms. The minimum Gasteiger partial charge on any atom is -0.465 e. The zero-order valence-electron chi connectivity index (χ0n) is 15.6. The number of nitrogens with zero attached hydrogens (tertiary/aromatic N) is 4. The van der Waals surface area contributed by atoms with Crippen LogP contribution in [0, 0.1) is 6.92 Å². The van der Waals surface area contributed by atoms with E-state index < -0.39 is 23.6 Å². The molecule has 0 radical (unpaired) electrons. The van der Waals surface area contributed by atoms with Crippen LogP contribution in [-0.2, 0) is 4.74 Å². The minimum absolute atomic E-state index is 0.158. The van der Waals surface area contributed by atoms with Crippen molar-refractivity contribution in [2.24, 2.45) is 0 Å². The molecule has 8 nitrogen and oxygen atoms in total. The molecule has 3 heterocycles. The molecule has 0 spiro atoms. The van der Waals surface area contributed by atoms with Gasteiger partial charge in [0, 0.05) is 18.5 Å². The summed E-state index contributed by atoms with van der Waals surface area (Å²) < 4.78 is 48.6. The van der Waals surface area contributed by atoms with E-state index in [-0.39, 0.29) is 22.3 Å². The smallest absolute Gasteiger partial charge is 0.465 e. The first-order valence-corrected chi connectivity index (χ1v) is 8.54. The van der Waals surface area contributed by atoms with Gasteiger partial charge in [0.05, 0.1) is 29.4 Å². The van der Waals surface area contributed by atoms with Crippen LogP contribution in [0.1, 0.15) is 16.1 Å². The quantitative estimate of drug-likeness (QED) is 0.476. The Kier molecular flexibility index (Phi) is 4.45. The molecule has 4 aromatic rings. The van der Waals surface area contributed by atoms with Gasteiger partial charge in [-0.3, -0.25) is 9.36 Å². The number of ether oxygens (including phenoxy) is 2. The Labute approximate surface area is 166 Å². The minimum atomic E-state index is -4.85. The maximum Gasteiger partial charge on any atom is 0.573 e. The number of aromatic nitrogens is 4. The zero-order valence-corrected chi connectivity index (χ0v) is 15.6. The maximum atomic E-state index is 13.0. The van der Waals surface area contributed by atoms with Crippen molar-refractivity contribution in [3.8, 4) is 11.4 Å². The first-order chi connectivity index (χ1) is 14.2. The number of pyridine rings is 1. The first-order valence-electron chi connectivity index (χ1n) is 8.54. The number of carbonyl (C=O) groups excluding carboxylic acids is 1. The van der Waals surface area contributed by atoms with Crippen LogP contribution in [0.3, 0.4) is 0 Å². The van der Waals surface area contributed by atoms with Crippen LogP contribution in [0.2, 0.25) is 0 Å². The molecule has 0 saturated heterocycles. The van der Waals surface area contributed by atoms with E-state index in [0.29, 0.717) is 11.2 Å². The summed E-state index contributed by atoms with van der Waals surface area (Å²) in [5.41, 5.74) is 0.810. The first kappa shape index (κ1) is 19.4. The lowest BCUT2D eigenvalue weighted by Gasteiger charge is -2.12. The van der Waals surface area contributed by atoms with Crippen LogP contribution in [0.25, 0.3) is 22.2 Å². The molecule has 0 aliphatic carbocycles. The Hall–Kier alpha value is -3.89. The highest BCUT2D eigenvalue weighted by molar-refractivity contribution is 5.98. The number of benzene rings is 1. The summed E-state index contributed by atoms with van der Waals surface area (Å²) in [6, 6.07) is 6.59. The van der Waals surface area contributed by atoms with Crippen molar-refractivity contribution >= 4 is 22.5 Å². The van der Waals surface area contributed by atoms with Crippen LogP contribution in [-0.4, -0.2) is 38.6 Å². The third-order valence-electron chi connectivity index (χ3n) is 4.41. The number of aryl methyl sites for hydroxylation is 1. The zero-order chi connectivity index (χ0) is 21.6. The van der Waals surface area contributed by atoms with Gasteiger partial charge in [0.25, 0.3) is 5.56 Å². The van der Waals surface area contributed by atoms with Gasteiger partial charge in [-0.1, -0.05) is 6.07 Å². The van der Waals surface area contributed by atoms with Gasteiger partial charge in [-0.15, -0.1) is 13.2 Å². The molecule has 1 aromatic carbocycles. The Morgan fingerprint density at radius 1 is 1.20 bits per heavy atom. The molecule has 11 heteroatoms. The van der Waals surface area contributed by atoms with Gasteiger partial charge >= 0.3 is 12.3 Å². The molecule has 154 valence electrons. The lowest BCUT2D eigenvalue weighted by molar-refractivity contribution is -0.274. The molecule has 0 atom stereocenters. The van der Waals surface area contributed by atoms with Crippen molar-refractivity contribution in [1.29, 1.82) is 0 Å². The van der Waals surface area contributed by atoms with Crippen molar-refractivity contribution in [1.82, 2.24) is 19.2 Å². The summed E-state index contributed by atoms with van der Waals surface area (Å²) in [5.74, 6) is -1.06. The fraction of sp³-hybridized carbons (Fsp3) is 0.158. The molecule has 30 heavy (non-hydrogen) atoms. The van der Waals surface area contributed by atoms with E-state index in [1.54, 1.807) is 13.0 Å². The fourth-order valence-corrected chi connectivity index (χ4v) is 3.15. The number of halogens is 3. The second-order valence-corrected chi connectivity index (χ2v) is 6.28. The van der Waals surface area contributed by atoms with Crippen molar-refractivity contribution in [3.63, 3.8) is 0 Å². The molecule has 0 aliphatic heterocycles. The van der Waals surface area contributed by atoms with E-state index in [2.05, 4.69) is 14.8 Å². The fourth-order valence-electron chi connectivity index (χ4n) is 3.15. The average Bonchev–Trinajstić information content (AvgIpc) is 3.03. The lowest BCUT2D eigenvalue weighted by atomic mass is 10.2. The summed E-state index contributed by atoms with van der Waals surface area (Å²) in [5, 5.41) is 4.43. The Balaban J connectivity index is 1.88. The van der Waals surface area contributed by atoms with Crippen molar-refractivity contribution in [2.45, 2.75) is 13.3 Å². The van der Waals surface area contributed by atoms with E-state index >= 15 is 0 Å². The summed E-state index contributed by atoms with van der Waals surface area (Å²) in [7, 11) is 1.24. The second-order valence-electron chi connectivity index (χ2n) is 6.28. The molecule has 0 unspecified atom stereocenters. The van der Waals surface area contributed by atoms with Crippen LogP contribution >= 0.6 is 0 Å². The normalized spacial score (nSPS) is 11.8. The van der Waals surface area contributed by atoms with Crippen LogP contribution in [0.15, 0.2) is 47.5 Å². The predicted molar refractivity (Wildman–Crippen MR) is 98.8 cm³/mol. The Morgan fingerprint density at radius 2 is 1.97 bits per heavy atom. The third kappa shape index (κ3) is 3.23. The van der Waals surface area contributed by atoms with Crippen molar-refractivity contribution < 1.29 is 27.4 Å². The molecule has 0 fully saturated rings. The summed E-state index contributed by atoms with van der Waals surface area (Å²) in [4.78, 5) is 29.2. The van der Waals surface area contributed by atoms with Gasteiger partial charge in [0.1, 0.15) is 11.3 Å². The topological polar surface area (TPSA) is 87.7 Å².